The first-order valence-electron chi connectivity index (χ1n) is 5.56. The number of methoxy groups -OCH3 is 1. The van der Waals surface area contributed by atoms with E-state index in [-0.39, 0.29) is 11.1 Å². The second-order valence-electron chi connectivity index (χ2n) is 5.19. The molecule has 5 heteroatoms. The lowest BCUT2D eigenvalue weighted by molar-refractivity contribution is 0.0594. The molecule has 1 rings (SSSR count). The molecule has 0 aromatic heterocycles. The number of carbonyl (C=O) groups is 1. The van der Waals surface area contributed by atoms with Crippen molar-refractivity contribution in [2.75, 3.05) is 19.0 Å². The van der Waals surface area contributed by atoms with Gasteiger partial charge in [0.15, 0.2) is 11.6 Å². The molecule has 0 aliphatic heterocycles. The van der Waals surface area contributed by atoms with Crippen LogP contribution in [0.4, 0.5) is 14.5 Å². The van der Waals surface area contributed by atoms with E-state index < -0.39 is 23.2 Å². The molecule has 0 radical (unpaired) electrons. The molecule has 0 atom stereocenters. The average Bonchev–Trinajstić information content (AvgIpc) is 2.29. The van der Waals surface area contributed by atoms with E-state index in [0.29, 0.717) is 6.54 Å². The van der Waals surface area contributed by atoms with Crippen molar-refractivity contribution in [1.29, 1.82) is 0 Å². The van der Waals surface area contributed by atoms with Crippen LogP contribution in [-0.2, 0) is 4.74 Å². The zero-order valence-corrected chi connectivity index (χ0v) is 10.9. The van der Waals surface area contributed by atoms with Crippen molar-refractivity contribution in [3.63, 3.8) is 0 Å². The van der Waals surface area contributed by atoms with Gasteiger partial charge in [0.2, 0.25) is 0 Å². The number of esters is 1. The molecule has 0 saturated carbocycles. The van der Waals surface area contributed by atoms with Crippen LogP contribution in [0.5, 0.6) is 0 Å². The van der Waals surface area contributed by atoms with Gasteiger partial charge in [0.05, 0.1) is 18.4 Å². The first kappa shape index (κ1) is 14.4. The number of hydrogen-bond acceptors (Lipinski definition) is 3. The third kappa shape index (κ3) is 3.42. The van der Waals surface area contributed by atoms with Crippen LogP contribution in [0.15, 0.2) is 12.1 Å². The van der Waals surface area contributed by atoms with Gasteiger partial charge in [0.25, 0.3) is 0 Å². The van der Waals surface area contributed by atoms with Crippen molar-refractivity contribution in [3.8, 4) is 0 Å². The van der Waals surface area contributed by atoms with Crippen molar-refractivity contribution < 1.29 is 18.3 Å². The quantitative estimate of drug-likeness (QED) is 0.845. The molecule has 1 aromatic carbocycles. The molecule has 0 bridgehead atoms. The van der Waals surface area contributed by atoms with Crippen LogP contribution >= 0.6 is 0 Å². The Bertz CT molecular complexity index is 453. The topological polar surface area (TPSA) is 38.3 Å². The molecule has 0 saturated heterocycles. The third-order valence-electron chi connectivity index (χ3n) is 2.30. The Morgan fingerprint density at radius 3 is 2.39 bits per heavy atom. The maximum absolute atomic E-state index is 13.7. The molecule has 0 aliphatic rings. The predicted molar refractivity (Wildman–Crippen MR) is 65.6 cm³/mol. The molecule has 0 unspecified atom stereocenters. The normalized spacial score (nSPS) is 11.2. The van der Waals surface area contributed by atoms with Crippen molar-refractivity contribution >= 4 is 11.7 Å². The summed E-state index contributed by atoms with van der Waals surface area (Å²) in [6, 6.07) is 2.53. The molecule has 0 aliphatic carbocycles. The molecule has 1 N–H and O–H groups in total. The zero-order chi connectivity index (χ0) is 13.9. The molecule has 0 fully saturated rings. The lowest BCUT2D eigenvalue weighted by Gasteiger charge is -2.20. The Labute approximate surface area is 105 Å². The van der Waals surface area contributed by atoms with Crippen molar-refractivity contribution in [2.45, 2.75) is 20.8 Å². The predicted octanol–water partition coefficient (Wildman–Crippen LogP) is 3.21. The van der Waals surface area contributed by atoms with E-state index in [1.54, 1.807) is 0 Å². The number of carbonyl (C=O) groups excluding carboxylic acids is 1. The highest BCUT2D eigenvalue weighted by atomic mass is 19.2. The maximum Gasteiger partial charge on any atom is 0.340 e. The molecule has 3 nitrogen and oxygen atoms in total. The molecule has 18 heavy (non-hydrogen) atoms. The van der Waals surface area contributed by atoms with Crippen LogP contribution in [0.1, 0.15) is 31.1 Å². The van der Waals surface area contributed by atoms with E-state index in [9.17, 15) is 13.6 Å². The van der Waals surface area contributed by atoms with Gasteiger partial charge in [-0.1, -0.05) is 20.8 Å². The fourth-order valence-electron chi connectivity index (χ4n) is 1.31. The van der Waals surface area contributed by atoms with Gasteiger partial charge in [-0.2, -0.15) is 0 Å². The first-order chi connectivity index (χ1) is 8.26. The summed E-state index contributed by atoms with van der Waals surface area (Å²) in [5.74, 6) is -3.16. The van der Waals surface area contributed by atoms with Gasteiger partial charge in [-0.3, -0.25) is 0 Å². The summed E-state index contributed by atoms with van der Waals surface area (Å²) < 4.78 is 31.7. The highest BCUT2D eigenvalue weighted by molar-refractivity contribution is 5.90. The van der Waals surface area contributed by atoms with Crippen LogP contribution in [0.3, 0.4) is 0 Å². The standard InChI is InChI=1S/C13H17F2NO2/c1-13(2,3)7-16-9-6-5-8(12(17)18-4)10(14)11(9)15/h5-6,16H,7H2,1-4H3. The highest BCUT2D eigenvalue weighted by Crippen LogP contribution is 2.23. The summed E-state index contributed by atoms with van der Waals surface area (Å²) in [7, 11) is 1.12. The zero-order valence-electron chi connectivity index (χ0n) is 10.9. The van der Waals surface area contributed by atoms with Crippen LogP contribution < -0.4 is 5.32 Å². The lowest BCUT2D eigenvalue weighted by Crippen LogP contribution is -2.20. The van der Waals surface area contributed by atoms with Crippen LogP contribution in [-0.4, -0.2) is 19.6 Å². The Balaban J connectivity index is 2.98. The van der Waals surface area contributed by atoms with Gasteiger partial charge >= 0.3 is 5.97 Å². The molecular weight excluding hydrogens is 240 g/mol. The van der Waals surface area contributed by atoms with Crippen molar-refractivity contribution in [1.82, 2.24) is 0 Å². The number of ether oxygens (including phenoxy) is 1. The molecule has 0 heterocycles. The molecular formula is C13H17F2NO2. The van der Waals surface area contributed by atoms with Gasteiger partial charge in [-0.15, -0.1) is 0 Å². The average molecular weight is 257 g/mol. The SMILES string of the molecule is COC(=O)c1ccc(NCC(C)(C)C)c(F)c1F. The second-order valence-corrected chi connectivity index (χ2v) is 5.19. The van der Waals surface area contributed by atoms with Gasteiger partial charge in [0, 0.05) is 6.54 Å². The number of hydrogen-bond donors (Lipinski definition) is 1. The Hall–Kier alpha value is -1.65. The number of anilines is 1. The lowest BCUT2D eigenvalue weighted by atomic mass is 9.97. The van der Waals surface area contributed by atoms with Gasteiger partial charge < -0.3 is 10.1 Å². The van der Waals surface area contributed by atoms with Gasteiger partial charge in [-0.05, 0) is 17.5 Å². The van der Waals surface area contributed by atoms with E-state index in [4.69, 9.17) is 0 Å². The van der Waals surface area contributed by atoms with Crippen molar-refractivity contribution in [3.05, 3.63) is 29.3 Å². The van der Waals surface area contributed by atoms with E-state index in [1.165, 1.54) is 12.1 Å². The number of halogens is 2. The molecule has 1 aromatic rings. The summed E-state index contributed by atoms with van der Waals surface area (Å²) in [6.45, 7) is 6.40. The van der Waals surface area contributed by atoms with E-state index in [1.807, 2.05) is 20.8 Å². The summed E-state index contributed by atoms with van der Waals surface area (Å²) in [6.07, 6.45) is 0. The smallest absolute Gasteiger partial charge is 0.340 e. The maximum atomic E-state index is 13.7. The fourth-order valence-corrected chi connectivity index (χ4v) is 1.31. The summed E-state index contributed by atoms with van der Waals surface area (Å²) in [4.78, 5) is 11.2. The molecule has 0 amide bonds. The Morgan fingerprint density at radius 1 is 1.28 bits per heavy atom. The summed E-state index contributed by atoms with van der Waals surface area (Å²) >= 11 is 0. The monoisotopic (exact) mass is 257 g/mol. The Kier molecular flexibility index (Phi) is 4.27. The second kappa shape index (κ2) is 5.33. The molecule has 0 spiro atoms. The number of benzene rings is 1. The van der Waals surface area contributed by atoms with E-state index >= 15 is 0 Å². The molecule has 100 valence electrons. The van der Waals surface area contributed by atoms with Crippen molar-refractivity contribution in [2.24, 2.45) is 5.41 Å². The summed E-state index contributed by atoms with van der Waals surface area (Å²) in [5, 5.41) is 2.81. The van der Waals surface area contributed by atoms with Crippen LogP contribution in [0.25, 0.3) is 0 Å². The first-order valence-corrected chi connectivity index (χ1v) is 5.56. The largest absolute Gasteiger partial charge is 0.465 e. The summed E-state index contributed by atoms with van der Waals surface area (Å²) in [5.41, 5.74) is -0.435. The van der Waals surface area contributed by atoms with Crippen LogP contribution in [0.2, 0.25) is 0 Å². The van der Waals surface area contributed by atoms with Gasteiger partial charge in [-0.25, -0.2) is 13.6 Å². The van der Waals surface area contributed by atoms with E-state index in [2.05, 4.69) is 10.1 Å². The highest BCUT2D eigenvalue weighted by Gasteiger charge is 2.20. The number of rotatable bonds is 3. The minimum atomic E-state index is -1.19. The minimum Gasteiger partial charge on any atom is -0.465 e. The third-order valence-corrected chi connectivity index (χ3v) is 2.30. The number of nitrogens with one attached hydrogen (secondary N) is 1. The van der Waals surface area contributed by atoms with Crippen LogP contribution in [0, 0.1) is 17.0 Å². The van der Waals surface area contributed by atoms with E-state index in [0.717, 1.165) is 7.11 Å². The Morgan fingerprint density at radius 2 is 1.89 bits per heavy atom. The minimum absolute atomic E-state index is 0.0371. The fraction of sp³-hybridized carbons (Fsp3) is 0.462. The van der Waals surface area contributed by atoms with Gasteiger partial charge in [0.1, 0.15) is 0 Å².